The van der Waals surface area contributed by atoms with E-state index in [0.29, 0.717) is 32.6 Å². The number of aromatic amines is 1. The van der Waals surface area contributed by atoms with Crippen LogP contribution in [0.15, 0.2) is 47.4 Å². The maximum absolute atomic E-state index is 12.5. The Morgan fingerprint density at radius 1 is 1.04 bits per heavy atom. The number of H-pyrrole nitrogens is 1. The van der Waals surface area contributed by atoms with E-state index in [-0.39, 0.29) is 17.4 Å². The molecule has 26 heavy (non-hydrogen) atoms. The van der Waals surface area contributed by atoms with Crippen LogP contribution in [0.25, 0.3) is 0 Å². The minimum Gasteiger partial charge on any atom is -0.497 e. The highest BCUT2D eigenvalue weighted by molar-refractivity contribution is 5.94. The van der Waals surface area contributed by atoms with Gasteiger partial charge >= 0.3 is 0 Å². The van der Waals surface area contributed by atoms with Crippen molar-refractivity contribution in [3.8, 4) is 5.75 Å². The monoisotopic (exact) mass is 355 g/mol. The van der Waals surface area contributed by atoms with Gasteiger partial charge in [0, 0.05) is 32.4 Å². The molecule has 1 fully saturated rings. The molecule has 1 aromatic heterocycles. The second kappa shape index (κ2) is 7.86. The summed E-state index contributed by atoms with van der Waals surface area (Å²) in [7, 11) is 1.60. The van der Waals surface area contributed by atoms with E-state index in [0.717, 1.165) is 11.3 Å². The summed E-state index contributed by atoms with van der Waals surface area (Å²) in [5.41, 5.74) is 0.658. The summed E-state index contributed by atoms with van der Waals surface area (Å²) in [6.45, 7) is 1.76. The molecule has 136 valence electrons. The highest BCUT2D eigenvalue weighted by atomic mass is 16.5. The molecule has 7 heteroatoms. The lowest BCUT2D eigenvalue weighted by Crippen LogP contribution is -2.51. The Balaban J connectivity index is 1.56. The molecule has 1 aliphatic rings. The lowest BCUT2D eigenvalue weighted by Gasteiger charge is -2.34. The predicted molar refractivity (Wildman–Crippen MR) is 96.2 cm³/mol. The number of methoxy groups -OCH3 is 1. The second-order valence-electron chi connectivity index (χ2n) is 6.11. The Bertz CT molecular complexity index is 836. The van der Waals surface area contributed by atoms with E-state index in [1.165, 1.54) is 12.3 Å². The van der Waals surface area contributed by atoms with Crippen molar-refractivity contribution in [1.29, 1.82) is 0 Å². The smallest absolute Gasteiger partial charge is 0.260 e. The second-order valence-corrected chi connectivity index (χ2v) is 6.11. The van der Waals surface area contributed by atoms with Crippen molar-refractivity contribution < 1.29 is 14.3 Å². The number of carbonyl (C=O) groups excluding carboxylic acids is 2. The van der Waals surface area contributed by atoms with Crippen LogP contribution in [0.2, 0.25) is 0 Å². The van der Waals surface area contributed by atoms with Crippen LogP contribution in [0, 0.1) is 0 Å². The van der Waals surface area contributed by atoms with Crippen LogP contribution < -0.4 is 10.3 Å². The third-order valence-electron chi connectivity index (χ3n) is 4.48. The van der Waals surface area contributed by atoms with Crippen LogP contribution in [0.5, 0.6) is 5.75 Å². The Labute approximate surface area is 151 Å². The van der Waals surface area contributed by atoms with Gasteiger partial charge in [0.1, 0.15) is 11.3 Å². The molecule has 1 saturated heterocycles. The number of aromatic nitrogens is 1. The van der Waals surface area contributed by atoms with E-state index in [1.807, 2.05) is 24.3 Å². The van der Waals surface area contributed by atoms with Gasteiger partial charge in [-0.3, -0.25) is 14.4 Å². The minimum atomic E-state index is -0.393. The SMILES string of the molecule is COc1ccc(CC(=O)N2CCN(C(=O)c3ccc[nH]c3=O)CC2)cc1. The topological polar surface area (TPSA) is 82.7 Å². The van der Waals surface area contributed by atoms with Crippen LogP contribution >= 0.6 is 0 Å². The fourth-order valence-corrected chi connectivity index (χ4v) is 2.95. The molecule has 0 unspecified atom stereocenters. The van der Waals surface area contributed by atoms with E-state index >= 15 is 0 Å². The summed E-state index contributed by atoms with van der Waals surface area (Å²) in [5, 5.41) is 0. The maximum Gasteiger partial charge on any atom is 0.260 e. The lowest BCUT2D eigenvalue weighted by atomic mass is 10.1. The van der Waals surface area contributed by atoms with Crippen molar-refractivity contribution >= 4 is 11.8 Å². The summed E-state index contributed by atoms with van der Waals surface area (Å²) in [5.74, 6) is 0.484. The molecule has 0 radical (unpaired) electrons. The van der Waals surface area contributed by atoms with Gasteiger partial charge in [0.05, 0.1) is 13.5 Å². The molecule has 0 bridgehead atoms. The summed E-state index contributed by atoms with van der Waals surface area (Å²) in [4.78, 5) is 42.5. The van der Waals surface area contributed by atoms with Crippen molar-refractivity contribution in [3.05, 3.63) is 64.1 Å². The highest BCUT2D eigenvalue weighted by Gasteiger charge is 2.25. The predicted octanol–water partition coefficient (Wildman–Crippen LogP) is 0.911. The first-order chi connectivity index (χ1) is 12.6. The number of hydrogen-bond donors (Lipinski definition) is 1. The highest BCUT2D eigenvalue weighted by Crippen LogP contribution is 2.13. The molecule has 0 spiro atoms. The number of piperazine rings is 1. The van der Waals surface area contributed by atoms with Crippen molar-refractivity contribution in [2.24, 2.45) is 0 Å². The number of rotatable bonds is 4. The number of hydrogen-bond acceptors (Lipinski definition) is 4. The number of ether oxygens (including phenoxy) is 1. The number of nitrogens with one attached hydrogen (secondary N) is 1. The molecule has 2 heterocycles. The van der Waals surface area contributed by atoms with Gasteiger partial charge in [0.25, 0.3) is 11.5 Å². The summed E-state index contributed by atoms with van der Waals surface area (Å²) >= 11 is 0. The van der Waals surface area contributed by atoms with Crippen LogP contribution in [0.4, 0.5) is 0 Å². The van der Waals surface area contributed by atoms with E-state index in [4.69, 9.17) is 4.74 Å². The fourth-order valence-electron chi connectivity index (χ4n) is 2.95. The van der Waals surface area contributed by atoms with Gasteiger partial charge < -0.3 is 19.5 Å². The molecule has 1 aromatic carbocycles. The van der Waals surface area contributed by atoms with Crippen molar-refractivity contribution in [2.45, 2.75) is 6.42 Å². The Morgan fingerprint density at radius 2 is 1.69 bits per heavy atom. The summed E-state index contributed by atoms with van der Waals surface area (Å²) < 4.78 is 5.11. The zero-order valence-electron chi connectivity index (χ0n) is 14.6. The molecule has 0 aliphatic carbocycles. The lowest BCUT2D eigenvalue weighted by molar-refractivity contribution is -0.131. The first-order valence-corrected chi connectivity index (χ1v) is 8.46. The van der Waals surface area contributed by atoms with Gasteiger partial charge in [-0.05, 0) is 29.8 Å². The molecule has 2 amide bonds. The van der Waals surface area contributed by atoms with Crippen molar-refractivity contribution in [3.63, 3.8) is 0 Å². The summed E-state index contributed by atoms with van der Waals surface area (Å²) in [6.07, 6.45) is 1.81. The molecule has 3 rings (SSSR count). The van der Waals surface area contributed by atoms with Crippen LogP contribution in [0.1, 0.15) is 15.9 Å². The standard InChI is InChI=1S/C19H21N3O4/c1-26-15-6-4-14(5-7-15)13-17(23)21-9-11-22(12-10-21)19(25)16-3-2-8-20-18(16)24/h2-8H,9-13H2,1H3,(H,20,24). The van der Waals surface area contributed by atoms with Crippen LogP contribution in [-0.2, 0) is 11.2 Å². The van der Waals surface area contributed by atoms with Gasteiger partial charge in [-0.2, -0.15) is 0 Å². The summed E-state index contributed by atoms with van der Waals surface area (Å²) in [6, 6.07) is 10.6. The van der Waals surface area contributed by atoms with Gasteiger partial charge in [-0.1, -0.05) is 12.1 Å². The van der Waals surface area contributed by atoms with Crippen molar-refractivity contribution in [2.75, 3.05) is 33.3 Å². The van der Waals surface area contributed by atoms with E-state index in [9.17, 15) is 14.4 Å². The molecule has 1 N–H and O–H groups in total. The van der Waals surface area contributed by atoms with E-state index < -0.39 is 5.56 Å². The number of benzene rings is 1. The zero-order chi connectivity index (χ0) is 18.5. The average molecular weight is 355 g/mol. The quantitative estimate of drug-likeness (QED) is 0.884. The first kappa shape index (κ1) is 17.7. The van der Waals surface area contributed by atoms with Crippen molar-refractivity contribution in [1.82, 2.24) is 14.8 Å². The molecule has 2 aromatic rings. The fraction of sp³-hybridized carbons (Fsp3) is 0.316. The third-order valence-corrected chi connectivity index (χ3v) is 4.48. The number of amides is 2. The third kappa shape index (κ3) is 3.93. The van der Waals surface area contributed by atoms with Crippen LogP contribution in [-0.4, -0.2) is 59.9 Å². The van der Waals surface area contributed by atoms with E-state index in [1.54, 1.807) is 23.0 Å². The number of pyridine rings is 1. The van der Waals surface area contributed by atoms with Gasteiger partial charge in [-0.25, -0.2) is 0 Å². The molecular weight excluding hydrogens is 334 g/mol. The number of nitrogens with zero attached hydrogens (tertiary/aromatic N) is 2. The molecule has 1 aliphatic heterocycles. The molecular formula is C19H21N3O4. The first-order valence-electron chi connectivity index (χ1n) is 8.46. The zero-order valence-corrected chi connectivity index (χ0v) is 14.6. The normalized spacial score (nSPS) is 14.2. The Hall–Kier alpha value is -3.09. The number of carbonyl (C=O) groups is 2. The molecule has 7 nitrogen and oxygen atoms in total. The maximum atomic E-state index is 12.5. The molecule has 0 atom stereocenters. The largest absolute Gasteiger partial charge is 0.497 e. The Morgan fingerprint density at radius 3 is 2.31 bits per heavy atom. The van der Waals surface area contributed by atoms with Gasteiger partial charge in [0.15, 0.2) is 0 Å². The van der Waals surface area contributed by atoms with Gasteiger partial charge in [-0.15, -0.1) is 0 Å². The minimum absolute atomic E-state index is 0.0276. The van der Waals surface area contributed by atoms with Gasteiger partial charge in [0.2, 0.25) is 5.91 Å². The molecule has 0 saturated carbocycles. The van der Waals surface area contributed by atoms with E-state index in [2.05, 4.69) is 4.98 Å². The van der Waals surface area contributed by atoms with Crippen LogP contribution in [0.3, 0.4) is 0 Å². The Kier molecular flexibility index (Phi) is 5.36. The average Bonchev–Trinajstić information content (AvgIpc) is 2.68.